The van der Waals surface area contributed by atoms with E-state index in [2.05, 4.69) is 15.2 Å². The molecule has 2 saturated heterocycles. The van der Waals surface area contributed by atoms with Crippen LogP contribution in [0.2, 0.25) is 0 Å². The lowest BCUT2D eigenvalue weighted by Gasteiger charge is -2.37. The van der Waals surface area contributed by atoms with Crippen molar-refractivity contribution in [1.29, 1.82) is 0 Å². The number of pyridine rings is 1. The summed E-state index contributed by atoms with van der Waals surface area (Å²) in [4.78, 5) is 47.4. The highest BCUT2D eigenvalue weighted by Gasteiger charge is 2.55. The summed E-state index contributed by atoms with van der Waals surface area (Å²) in [5.74, 6) is -0.298. The fourth-order valence-electron chi connectivity index (χ4n) is 4.64. The third kappa shape index (κ3) is 3.21. The molecule has 4 amide bonds. The van der Waals surface area contributed by atoms with E-state index in [-0.39, 0.29) is 24.3 Å². The molecule has 0 unspecified atom stereocenters. The molecule has 28 heavy (non-hydrogen) atoms. The third-order valence-corrected chi connectivity index (χ3v) is 6.46. The van der Waals surface area contributed by atoms with Crippen LogP contribution in [0.4, 0.5) is 10.5 Å². The maximum Gasteiger partial charge on any atom is 0.325 e. The second-order valence-electron chi connectivity index (χ2n) is 8.01. The van der Waals surface area contributed by atoms with E-state index in [1.165, 1.54) is 0 Å². The topological polar surface area (TPSA) is 85.8 Å². The van der Waals surface area contributed by atoms with Crippen molar-refractivity contribution in [1.82, 2.24) is 20.1 Å². The first kappa shape index (κ1) is 18.7. The number of rotatable bonds is 3. The van der Waals surface area contributed by atoms with Crippen LogP contribution in [0.1, 0.15) is 32.6 Å². The molecule has 1 aromatic rings. The van der Waals surface area contributed by atoms with Gasteiger partial charge in [0.25, 0.3) is 5.91 Å². The van der Waals surface area contributed by atoms with Crippen molar-refractivity contribution in [3.05, 3.63) is 24.5 Å². The molecule has 2 atom stereocenters. The average Bonchev–Trinajstić information content (AvgIpc) is 2.96. The molecule has 2 aliphatic heterocycles. The third-order valence-electron chi connectivity index (χ3n) is 6.46. The Morgan fingerprint density at radius 2 is 1.89 bits per heavy atom. The lowest BCUT2D eigenvalue weighted by Crippen LogP contribution is -2.55. The minimum absolute atomic E-state index is 0.0988. The molecule has 4 rings (SSSR count). The molecule has 3 aliphatic rings. The molecule has 1 N–H and O–H groups in total. The number of carbonyl (C=O) groups excluding carboxylic acids is 3. The van der Waals surface area contributed by atoms with Gasteiger partial charge >= 0.3 is 6.03 Å². The number of amides is 4. The smallest absolute Gasteiger partial charge is 0.325 e. The van der Waals surface area contributed by atoms with Crippen molar-refractivity contribution in [3.8, 4) is 0 Å². The second-order valence-corrected chi connectivity index (χ2v) is 8.01. The van der Waals surface area contributed by atoms with Crippen LogP contribution < -0.4 is 10.2 Å². The van der Waals surface area contributed by atoms with E-state index in [4.69, 9.17) is 0 Å². The van der Waals surface area contributed by atoms with Gasteiger partial charge in [-0.3, -0.25) is 19.5 Å². The van der Waals surface area contributed by atoms with Crippen LogP contribution in [-0.2, 0) is 9.59 Å². The van der Waals surface area contributed by atoms with Crippen molar-refractivity contribution < 1.29 is 14.4 Å². The Morgan fingerprint density at radius 3 is 2.57 bits per heavy atom. The Morgan fingerprint density at radius 1 is 1.18 bits per heavy atom. The molecule has 1 spiro atoms. The van der Waals surface area contributed by atoms with E-state index in [0.29, 0.717) is 19.5 Å². The van der Waals surface area contributed by atoms with Gasteiger partial charge in [-0.2, -0.15) is 0 Å². The van der Waals surface area contributed by atoms with Gasteiger partial charge in [0.1, 0.15) is 12.1 Å². The summed E-state index contributed by atoms with van der Waals surface area (Å²) in [5.41, 5.74) is 0.278. The fourth-order valence-corrected chi connectivity index (χ4v) is 4.64. The number of imide groups is 1. The number of piperazine rings is 1. The van der Waals surface area contributed by atoms with Crippen LogP contribution in [-0.4, -0.2) is 70.9 Å². The minimum Gasteiger partial charge on any atom is -0.368 e. The molecule has 0 bridgehead atoms. The quantitative estimate of drug-likeness (QED) is 0.791. The number of nitrogens with one attached hydrogen (secondary N) is 1. The zero-order chi connectivity index (χ0) is 19.7. The van der Waals surface area contributed by atoms with Gasteiger partial charge in [-0.05, 0) is 30.9 Å². The Hall–Kier alpha value is -2.64. The highest BCUT2D eigenvalue weighted by atomic mass is 16.2. The maximum atomic E-state index is 13.0. The summed E-state index contributed by atoms with van der Waals surface area (Å²) < 4.78 is 0. The zero-order valence-electron chi connectivity index (χ0n) is 16.3. The molecular formula is C20H27N5O3. The van der Waals surface area contributed by atoms with Gasteiger partial charge in [0.2, 0.25) is 5.91 Å². The number of hydrogen-bond donors (Lipinski definition) is 1. The van der Waals surface area contributed by atoms with Gasteiger partial charge < -0.3 is 15.1 Å². The monoisotopic (exact) mass is 385 g/mol. The van der Waals surface area contributed by atoms with Gasteiger partial charge in [0.05, 0.1) is 0 Å². The molecule has 1 saturated carbocycles. The van der Waals surface area contributed by atoms with Crippen LogP contribution in [0.5, 0.6) is 0 Å². The van der Waals surface area contributed by atoms with E-state index >= 15 is 0 Å². The van der Waals surface area contributed by atoms with Crippen molar-refractivity contribution in [2.75, 3.05) is 37.6 Å². The van der Waals surface area contributed by atoms with E-state index in [1.807, 2.05) is 19.1 Å². The Kier molecular flexibility index (Phi) is 4.95. The van der Waals surface area contributed by atoms with E-state index in [9.17, 15) is 14.4 Å². The Balaban J connectivity index is 1.36. The summed E-state index contributed by atoms with van der Waals surface area (Å²) in [6.07, 6.45) is 7.10. The highest BCUT2D eigenvalue weighted by molar-refractivity contribution is 6.09. The van der Waals surface area contributed by atoms with Crippen LogP contribution in [0, 0.1) is 5.92 Å². The first-order chi connectivity index (χ1) is 13.5. The van der Waals surface area contributed by atoms with Gasteiger partial charge in [-0.25, -0.2) is 4.79 Å². The lowest BCUT2D eigenvalue weighted by molar-refractivity contribution is -0.140. The van der Waals surface area contributed by atoms with Gasteiger partial charge in [0.15, 0.2) is 0 Å². The van der Waals surface area contributed by atoms with Crippen molar-refractivity contribution in [2.24, 2.45) is 5.92 Å². The first-order valence-electron chi connectivity index (χ1n) is 10.1. The molecule has 3 fully saturated rings. The van der Waals surface area contributed by atoms with Gasteiger partial charge in [0, 0.05) is 44.3 Å². The van der Waals surface area contributed by atoms with Crippen LogP contribution in [0.25, 0.3) is 0 Å². The molecule has 0 aromatic carbocycles. The van der Waals surface area contributed by atoms with E-state index < -0.39 is 11.6 Å². The average molecular weight is 385 g/mol. The summed E-state index contributed by atoms with van der Waals surface area (Å²) >= 11 is 0. The Bertz CT molecular complexity index is 762. The van der Waals surface area contributed by atoms with E-state index in [0.717, 1.165) is 42.9 Å². The maximum absolute atomic E-state index is 13.0. The SMILES string of the molecule is C[C@@H]1CCCC[C@]12NC(=O)N(CC(=O)N1CCN(c3ccncc3)CC1)C2=O. The molecule has 150 valence electrons. The highest BCUT2D eigenvalue weighted by Crippen LogP contribution is 2.38. The zero-order valence-corrected chi connectivity index (χ0v) is 16.3. The number of urea groups is 1. The number of aromatic nitrogens is 1. The van der Waals surface area contributed by atoms with E-state index in [1.54, 1.807) is 17.3 Å². The normalized spacial score (nSPS) is 28.0. The van der Waals surface area contributed by atoms with Gasteiger partial charge in [-0.1, -0.05) is 19.8 Å². The fraction of sp³-hybridized carbons (Fsp3) is 0.600. The predicted octanol–water partition coefficient (Wildman–Crippen LogP) is 1.23. The van der Waals surface area contributed by atoms with Crippen LogP contribution in [0.3, 0.4) is 0 Å². The minimum atomic E-state index is -0.810. The second kappa shape index (κ2) is 7.41. The summed E-state index contributed by atoms with van der Waals surface area (Å²) in [6, 6.07) is 3.48. The molecule has 8 heteroatoms. The first-order valence-corrected chi connectivity index (χ1v) is 10.1. The van der Waals surface area contributed by atoms with Crippen molar-refractivity contribution in [2.45, 2.75) is 38.1 Å². The summed E-state index contributed by atoms with van der Waals surface area (Å²) in [7, 11) is 0. The number of nitrogens with zero attached hydrogens (tertiary/aromatic N) is 4. The van der Waals surface area contributed by atoms with Crippen LogP contribution >= 0.6 is 0 Å². The van der Waals surface area contributed by atoms with Crippen molar-refractivity contribution in [3.63, 3.8) is 0 Å². The number of carbonyl (C=O) groups is 3. The lowest BCUT2D eigenvalue weighted by atomic mass is 9.73. The molecule has 8 nitrogen and oxygen atoms in total. The molecule has 0 radical (unpaired) electrons. The predicted molar refractivity (Wildman–Crippen MR) is 104 cm³/mol. The molecule has 3 heterocycles. The summed E-state index contributed by atoms with van der Waals surface area (Å²) in [5, 5.41) is 2.91. The summed E-state index contributed by atoms with van der Waals surface area (Å²) in [6.45, 7) is 4.43. The van der Waals surface area contributed by atoms with Crippen LogP contribution in [0.15, 0.2) is 24.5 Å². The largest absolute Gasteiger partial charge is 0.368 e. The number of hydrogen-bond acceptors (Lipinski definition) is 5. The molecule has 1 aromatic heterocycles. The Labute approximate surface area is 164 Å². The van der Waals surface area contributed by atoms with Gasteiger partial charge in [-0.15, -0.1) is 0 Å². The standard InChI is InChI=1S/C20H27N5O3/c1-15-4-2-3-7-20(15)18(27)25(19(28)22-20)14-17(26)24-12-10-23(11-13-24)16-5-8-21-9-6-16/h5-6,8-9,15H,2-4,7,10-14H2,1H3,(H,22,28)/t15-,20+/m1/s1. The van der Waals surface area contributed by atoms with Crippen molar-refractivity contribution >= 4 is 23.5 Å². The molecular weight excluding hydrogens is 358 g/mol. The number of anilines is 1. The molecule has 1 aliphatic carbocycles.